The smallest absolute Gasteiger partial charge is 0.243 e. The first kappa shape index (κ1) is 18.4. The molecule has 0 aliphatic carbocycles. The van der Waals surface area contributed by atoms with Gasteiger partial charge in [0.15, 0.2) is 0 Å². The Labute approximate surface area is 153 Å². The van der Waals surface area contributed by atoms with Crippen LogP contribution in [0.1, 0.15) is 0 Å². The third-order valence-corrected chi connectivity index (χ3v) is 5.85. The number of carbonyl (C=O) groups is 1. The summed E-state index contributed by atoms with van der Waals surface area (Å²) in [4.78, 5) is 12.2. The molecule has 1 saturated heterocycles. The second-order valence-corrected chi connectivity index (χ2v) is 7.75. The normalized spacial score (nSPS) is 15.4. The fourth-order valence-corrected chi connectivity index (χ4v) is 4.07. The van der Waals surface area contributed by atoms with E-state index in [-0.39, 0.29) is 17.3 Å². The van der Waals surface area contributed by atoms with E-state index in [1.807, 2.05) is 18.2 Å². The van der Waals surface area contributed by atoms with Gasteiger partial charge in [0.05, 0.1) is 24.7 Å². The summed E-state index contributed by atoms with van der Waals surface area (Å²) in [6.45, 7) is 1.53. The van der Waals surface area contributed by atoms with Crippen LogP contribution in [0.3, 0.4) is 0 Å². The third kappa shape index (κ3) is 4.60. The Bertz CT molecular complexity index is 850. The Morgan fingerprint density at radius 1 is 1.00 bits per heavy atom. The lowest BCUT2D eigenvalue weighted by Crippen LogP contribution is -2.40. The molecular formula is C18H21N3O4S. The van der Waals surface area contributed by atoms with Crippen molar-refractivity contribution in [1.82, 2.24) is 4.31 Å². The van der Waals surface area contributed by atoms with Crippen LogP contribution in [-0.2, 0) is 19.6 Å². The van der Waals surface area contributed by atoms with E-state index in [1.165, 1.54) is 4.31 Å². The summed E-state index contributed by atoms with van der Waals surface area (Å²) in [7, 11) is -3.56. The standard InChI is InChI=1S/C18H21N3O4S/c22-18(20-15-5-2-1-3-6-15)14-19-16-7-4-8-17(13-16)26(23,24)21-9-11-25-12-10-21/h1-8,13,19H,9-12,14H2,(H,20,22). The van der Waals surface area contributed by atoms with Crippen LogP contribution in [0.25, 0.3) is 0 Å². The van der Waals surface area contributed by atoms with Crippen LogP contribution in [-0.4, -0.2) is 51.5 Å². The Kier molecular flexibility index (Phi) is 5.87. The molecule has 2 N–H and O–H groups in total. The maximum atomic E-state index is 12.7. The number of nitrogens with one attached hydrogen (secondary N) is 2. The molecule has 1 fully saturated rings. The SMILES string of the molecule is O=C(CNc1cccc(S(=O)(=O)N2CCOCC2)c1)Nc1ccccc1. The van der Waals surface area contributed by atoms with Crippen LogP contribution in [0, 0.1) is 0 Å². The molecule has 1 amide bonds. The third-order valence-electron chi connectivity index (χ3n) is 3.95. The van der Waals surface area contributed by atoms with E-state index in [2.05, 4.69) is 10.6 Å². The van der Waals surface area contributed by atoms with Crippen molar-refractivity contribution in [3.8, 4) is 0 Å². The molecule has 1 heterocycles. The zero-order chi connectivity index (χ0) is 18.4. The predicted molar refractivity (Wildman–Crippen MR) is 99.6 cm³/mol. The van der Waals surface area contributed by atoms with E-state index in [4.69, 9.17) is 4.74 Å². The molecule has 0 saturated carbocycles. The van der Waals surface area contributed by atoms with Crippen molar-refractivity contribution in [3.05, 3.63) is 54.6 Å². The average Bonchev–Trinajstić information content (AvgIpc) is 2.68. The van der Waals surface area contributed by atoms with Crippen molar-refractivity contribution in [3.63, 3.8) is 0 Å². The van der Waals surface area contributed by atoms with Crippen molar-refractivity contribution in [2.75, 3.05) is 43.5 Å². The second-order valence-electron chi connectivity index (χ2n) is 5.81. The minimum absolute atomic E-state index is 0.0376. The molecule has 138 valence electrons. The van der Waals surface area contributed by atoms with Gasteiger partial charge in [-0.3, -0.25) is 4.79 Å². The van der Waals surface area contributed by atoms with E-state index in [9.17, 15) is 13.2 Å². The highest BCUT2D eigenvalue weighted by Gasteiger charge is 2.26. The summed E-state index contributed by atoms with van der Waals surface area (Å²) >= 11 is 0. The zero-order valence-electron chi connectivity index (χ0n) is 14.2. The lowest BCUT2D eigenvalue weighted by atomic mass is 10.3. The van der Waals surface area contributed by atoms with E-state index in [0.29, 0.717) is 37.7 Å². The van der Waals surface area contributed by atoms with Gasteiger partial charge in [-0.1, -0.05) is 24.3 Å². The minimum Gasteiger partial charge on any atom is -0.379 e. The van der Waals surface area contributed by atoms with Crippen molar-refractivity contribution < 1.29 is 17.9 Å². The molecule has 0 unspecified atom stereocenters. The number of hydrogen-bond donors (Lipinski definition) is 2. The van der Waals surface area contributed by atoms with E-state index in [1.54, 1.807) is 36.4 Å². The second kappa shape index (κ2) is 8.31. The molecule has 3 rings (SSSR count). The van der Waals surface area contributed by atoms with Gasteiger partial charge in [0.25, 0.3) is 0 Å². The highest BCUT2D eigenvalue weighted by atomic mass is 32.2. The summed E-state index contributed by atoms with van der Waals surface area (Å²) in [5.41, 5.74) is 1.28. The van der Waals surface area contributed by atoms with Gasteiger partial charge in [0.2, 0.25) is 15.9 Å². The average molecular weight is 375 g/mol. The van der Waals surface area contributed by atoms with Gasteiger partial charge >= 0.3 is 0 Å². The maximum Gasteiger partial charge on any atom is 0.243 e. The molecular weight excluding hydrogens is 354 g/mol. The van der Waals surface area contributed by atoms with Crippen molar-refractivity contribution in [2.45, 2.75) is 4.90 Å². The number of morpholine rings is 1. The van der Waals surface area contributed by atoms with Crippen LogP contribution >= 0.6 is 0 Å². The quantitative estimate of drug-likeness (QED) is 0.803. The minimum atomic E-state index is -3.56. The molecule has 0 spiro atoms. The van der Waals surface area contributed by atoms with Gasteiger partial charge in [0.1, 0.15) is 0 Å². The Morgan fingerprint density at radius 2 is 1.69 bits per heavy atom. The Hall–Kier alpha value is -2.42. The molecule has 1 aliphatic heterocycles. The molecule has 0 bridgehead atoms. The molecule has 2 aromatic carbocycles. The van der Waals surface area contributed by atoms with Crippen LogP contribution in [0.4, 0.5) is 11.4 Å². The Balaban J connectivity index is 1.63. The van der Waals surface area contributed by atoms with Crippen LogP contribution in [0.15, 0.2) is 59.5 Å². The first-order chi connectivity index (χ1) is 12.6. The summed E-state index contributed by atoms with van der Waals surface area (Å²) < 4.78 is 32.0. The van der Waals surface area contributed by atoms with Crippen LogP contribution < -0.4 is 10.6 Å². The number of para-hydroxylation sites is 1. The lowest BCUT2D eigenvalue weighted by Gasteiger charge is -2.26. The van der Waals surface area contributed by atoms with Crippen molar-refractivity contribution >= 4 is 27.3 Å². The van der Waals surface area contributed by atoms with Gasteiger partial charge in [-0.05, 0) is 30.3 Å². The predicted octanol–water partition coefficient (Wildman–Crippen LogP) is 1.76. The van der Waals surface area contributed by atoms with Gasteiger partial charge in [0, 0.05) is 24.5 Å². The van der Waals surface area contributed by atoms with Gasteiger partial charge in [-0.15, -0.1) is 0 Å². The van der Waals surface area contributed by atoms with Crippen molar-refractivity contribution in [1.29, 1.82) is 0 Å². The summed E-state index contributed by atoms with van der Waals surface area (Å²) in [6.07, 6.45) is 0. The fourth-order valence-electron chi connectivity index (χ4n) is 2.61. The molecule has 1 aliphatic rings. The number of benzene rings is 2. The fraction of sp³-hybridized carbons (Fsp3) is 0.278. The number of amides is 1. The highest BCUT2D eigenvalue weighted by molar-refractivity contribution is 7.89. The van der Waals surface area contributed by atoms with Gasteiger partial charge in [-0.25, -0.2) is 8.42 Å². The molecule has 0 radical (unpaired) electrons. The number of sulfonamides is 1. The number of rotatable bonds is 6. The molecule has 8 heteroatoms. The van der Waals surface area contributed by atoms with Crippen molar-refractivity contribution in [2.24, 2.45) is 0 Å². The number of hydrogen-bond acceptors (Lipinski definition) is 5. The first-order valence-electron chi connectivity index (χ1n) is 8.32. The van der Waals surface area contributed by atoms with Crippen LogP contribution in [0.5, 0.6) is 0 Å². The number of nitrogens with zero attached hydrogens (tertiary/aromatic N) is 1. The molecule has 0 aromatic heterocycles. The van der Waals surface area contributed by atoms with E-state index < -0.39 is 10.0 Å². The highest BCUT2D eigenvalue weighted by Crippen LogP contribution is 2.20. The first-order valence-corrected chi connectivity index (χ1v) is 9.76. The molecule has 2 aromatic rings. The van der Waals surface area contributed by atoms with Crippen LogP contribution in [0.2, 0.25) is 0 Å². The summed E-state index contributed by atoms with van der Waals surface area (Å²) in [6, 6.07) is 15.6. The zero-order valence-corrected chi connectivity index (χ0v) is 15.0. The van der Waals surface area contributed by atoms with E-state index >= 15 is 0 Å². The number of carbonyl (C=O) groups excluding carboxylic acids is 1. The number of ether oxygens (including phenoxy) is 1. The molecule has 26 heavy (non-hydrogen) atoms. The Morgan fingerprint density at radius 3 is 2.42 bits per heavy atom. The lowest BCUT2D eigenvalue weighted by molar-refractivity contribution is -0.114. The van der Waals surface area contributed by atoms with Gasteiger partial charge in [-0.2, -0.15) is 4.31 Å². The van der Waals surface area contributed by atoms with E-state index in [0.717, 1.165) is 0 Å². The number of anilines is 2. The van der Waals surface area contributed by atoms with Gasteiger partial charge < -0.3 is 15.4 Å². The topological polar surface area (TPSA) is 87.7 Å². The molecule has 7 nitrogen and oxygen atoms in total. The maximum absolute atomic E-state index is 12.7. The monoisotopic (exact) mass is 375 g/mol. The summed E-state index contributed by atoms with van der Waals surface area (Å²) in [5, 5.41) is 5.73. The largest absolute Gasteiger partial charge is 0.379 e. The summed E-state index contributed by atoms with van der Waals surface area (Å²) in [5.74, 6) is -0.211. The molecule has 0 atom stereocenters.